The minimum Gasteiger partial charge on any atom is -0.409 e. The number of nitrogens with zero attached hydrogens (tertiary/aromatic N) is 2. The van der Waals surface area contributed by atoms with Crippen molar-refractivity contribution >= 4 is 11.5 Å². The number of anilines is 1. The first-order chi connectivity index (χ1) is 9.02. The number of aryl methyl sites for hydroxylation is 1. The third-order valence-corrected chi connectivity index (χ3v) is 4.04. The van der Waals surface area contributed by atoms with Crippen LogP contribution in [-0.4, -0.2) is 24.1 Å². The molecule has 1 heterocycles. The molecule has 0 spiro atoms. The number of hydrogen-bond acceptors (Lipinski definition) is 3. The average Bonchev–Trinajstić information content (AvgIpc) is 2.87. The fourth-order valence-electron chi connectivity index (χ4n) is 2.73. The van der Waals surface area contributed by atoms with Gasteiger partial charge in [0.1, 0.15) is 0 Å². The van der Waals surface area contributed by atoms with Crippen LogP contribution in [0.2, 0.25) is 0 Å². The van der Waals surface area contributed by atoms with Crippen molar-refractivity contribution in [2.75, 3.05) is 18.0 Å². The molecule has 1 aliphatic rings. The van der Waals surface area contributed by atoms with Crippen LogP contribution >= 0.6 is 0 Å². The second-order valence-corrected chi connectivity index (χ2v) is 5.74. The molecule has 0 radical (unpaired) electrons. The molecule has 4 heteroatoms. The highest BCUT2D eigenvalue weighted by Gasteiger charge is 2.26. The van der Waals surface area contributed by atoms with Gasteiger partial charge < -0.3 is 15.8 Å². The van der Waals surface area contributed by atoms with Crippen molar-refractivity contribution in [1.82, 2.24) is 0 Å². The highest BCUT2D eigenvalue weighted by Crippen LogP contribution is 2.30. The van der Waals surface area contributed by atoms with Crippen molar-refractivity contribution in [2.45, 2.75) is 27.2 Å². The highest BCUT2D eigenvalue weighted by atomic mass is 16.4. The topological polar surface area (TPSA) is 61.8 Å². The number of amidine groups is 1. The standard InChI is InChI=1S/C15H23N3O/c1-10(2)12-6-7-18(9-12)14-5-4-11(3)8-13(14)15(16)17-19/h4-5,8,10,12,19H,6-7,9H2,1-3H3,(H2,16,17). The van der Waals surface area contributed by atoms with E-state index in [1.807, 2.05) is 13.0 Å². The molecule has 1 saturated heterocycles. The summed E-state index contributed by atoms with van der Waals surface area (Å²) >= 11 is 0. The Bertz CT molecular complexity index is 482. The molecule has 0 saturated carbocycles. The minimum absolute atomic E-state index is 0.187. The molecule has 4 nitrogen and oxygen atoms in total. The Labute approximate surface area is 114 Å². The van der Waals surface area contributed by atoms with Gasteiger partial charge in [-0.25, -0.2) is 0 Å². The van der Waals surface area contributed by atoms with E-state index in [0.29, 0.717) is 5.92 Å². The van der Waals surface area contributed by atoms with E-state index in [-0.39, 0.29) is 5.84 Å². The molecule has 3 N–H and O–H groups in total. The van der Waals surface area contributed by atoms with Gasteiger partial charge in [-0.3, -0.25) is 0 Å². The van der Waals surface area contributed by atoms with Crippen LogP contribution in [0.3, 0.4) is 0 Å². The molecule has 0 amide bonds. The summed E-state index contributed by atoms with van der Waals surface area (Å²) in [6.45, 7) is 8.64. The number of oxime groups is 1. The van der Waals surface area contributed by atoms with E-state index in [2.05, 4.69) is 36.0 Å². The summed E-state index contributed by atoms with van der Waals surface area (Å²) in [5.41, 5.74) is 8.81. The predicted molar refractivity (Wildman–Crippen MR) is 78.8 cm³/mol. The van der Waals surface area contributed by atoms with E-state index in [1.54, 1.807) is 0 Å². The van der Waals surface area contributed by atoms with Gasteiger partial charge in [-0.15, -0.1) is 0 Å². The van der Waals surface area contributed by atoms with E-state index < -0.39 is 0 Å². The van der Waals surface area contributed by atoms with Crippen LogP contribution in [0.15, 0.2) is 23.4 Å². The summed E-state index contributed by atoms with van der Waals surface area (Å²) in [6.07, 6.45) is 1.21. The summed E-state index contributed by atoms with van der Waals surface area (Å²) in [5.74, 6) is 1.61. The molecule has 1 aliphatic heterocycles. The molecule has 1 aromatic carbocycles. The molecule has 2 rings (SSSR count). The van der Waals surface area contributed by atoms with E-state index in [4.69, 9.17) is 10.9 Å². The van der Waals surface area contributed by atoms with Crippen molar-refractivity contribution in [2.24, 2.45) is 22.7 Å². The maximum Gasteiger partial charge on any atom is 0.172 e. The molecule has 1 fully saturated rings. The van der Waals surface area contributed by atoms with Gasteiger partial charge in [0.05, 0.1) is 0 Å². The Morgan fingerprint density at radius 1 is 1.47 bits per heavy atom. The summed E-state index contributed by atoms with van der Waals surface area (Å²) < 4.78 is 0. The molecule has 104 valence electrons. The zero-order valence-electron chi connectivity index (χ0n) is 11.9. The fraction of sp³-hybridized carbons (Fsp3) is 0.533. The highest BCUT2D eigenvalue weighted by molar-refractivity contribution is 6.02. The normalized spacial score (nSPS) is 20.3. The summed E-state index contributed by atoms with van der Waals surface area (Å²) in [6, 6.07) is 6.13. The third-order valence-electron chi connectivity index (χ3n) is 4.04. The maximum atomic E-state index is 8.93. The summed E-state index contributed by atoms with van der Waals surface area (Å²) in [4.78, 5) is 2.34. The first-order valence-electron chi connectivity index (χ1n) is 6.86. The van der Waals surface area contributed by atoms with Crippen LogP contribution in [0.5, 0.6) is 0 Å². The third kappa shape index (κ3) is 2.83. The second kappa shape index (κ2) is 5.51. The number of nitrogens with two attached hydrogens (primary N) is 1. The molecule has 0 aliphatic carbocycles. The lowest BCUT2D eigenvalue weighted by atomic mass is 9.95. The van der Waals surface area contributed by atoms with Gasteiger partial charge >= 0.3 is 0 Å². The summed E-state index contributed by atoms with van der Waals surface area (Å²) in [7, 11) is 0. The molecule has 19 heavy (non-hydrogen) atoms. The van der Waals surface area contributed by atoms with Crippen LogP contribution in [0.1, 0.15) is 31.4 Å². The van der Waals surface area contributed by atoms with Gasteiger partial charge in [-0.1, -0.05) is 30.6 Å². The number of benzene rings is 1. The van der Waals surface area contributed by atoms with Gasteiger partial charge in [-0.2, -0.15) is 0 Å². The first-order valence-corrected chi connectivity index (χ1v) is 6.86. The Balaban J connectivity index is 2.30. The molecule has 1 unspecified atom stereocenters. The van der Waals surface area contributed by atoms with Gasteiger partial charge in [0, 0.05) is 24.3 Å². The Morgan fingerprint density at radius 3 is 2.79 bits per heavy atom. The second-order valence-electron chi connectivity index (χ2n) is 5.74. The van der Waals surface area contributed by atoms with Crippen LogP contribution < -0.4 is 10.6 Å². The Kier molecular flexibility index (Phi) is 3.98. The Morgan fingerprint density at radius 2 is 2.21 bits per heavy atom. The van der Waals surface area contributed by atoms with Gasteiger partial charge in [0.25, 0.3) is 0 Å². The largest absolute Gasteiger partial charge is 0.409 e. The van der Waals surface area contributed by atoms with Gasteiger partial charge in [0.15, 0.2) is 5.84 Å². The van der Waals surface area contributed by atoms with Crippen LogP contribution in [0, 0.1) is 18.8 Å². The van der Waals surface area contributed by atoms with Crippen molar-refractivity contribution < 1.29 is 5.21 Å². The van der Waals surface area contributed by atoms with Crippen molar-refractivity contribution in [3.8, 4) is 0 Å². The quantitative estimate of drug-likeness (QED) is 0.380. The average molecular weight is 261 g/mol. The van der Waals surface area contributed by atoms with Gasteiger partial charge in [-0.05, 0) is 37.3 Å². The zero-order chi connectivity index (χ0) is 14.0. The SMILES string of the molecule is Cc1ccc(N2CCC(C(C)C)C2)c(/C(N)=N/O)c1. The van der Waals surface area contributed by atoms with E-state index >= 15 is 0 Å². The Hall–Kier alpha value is -1.71. The molecule has 1 aromatic rings. The molecule has 0 aromatic heterocycles. The van der Waals surface area contributed by atoms with Crippen LogP contribution in [-0.2, 0) is 0 Å². The lowest BCUT2D eigenvalue weighted by Crippen LogP contribution is -2.25. The monoisotopic (exact) mass is 261 g/mol. The molecular formula is C15H23N3O. The van der Waals surface area contributed by atoms with E-state index in [9.17, 15) is 0 Å². The lowest BCUT2D eigenvalue weighted by molar-refractivity contribution is 0.318. The van der Waals surface area contributed by atoms with Crippen molar-refractivity contribution in [3.63, 3.8) is 0 Å². The van der Waals surface area contributed by atoms with E-state index in [0.717, 1.165) is 35.8 Å². The smallest absolute Gasteiger partial charge is 0.172 e. The molecular weight excluding hydrogens is 238 g/mol. The minimum atomic E-state index is 0.187. The number of rotatable bonds is 3. The summed E-state index contributed by atoms with van der Waals surface area (Å²) in [5, 5.41) is 12.1. The van der Waals surface area contributed by atoms with E-state index in [1.165, 1.54) is 6.42 Å². The zero-order valence-corrected chi connectivity index (χ0v) is 11.9. The van der Waals surface area contributed by atoms with Crippen LogP contribution in [0.4, 0.5) is 5.69 Å². The molecule has 0 bridgehead atoms. The molecule has 1 atom stereocenters. The van der Waals surface area contributed by atoms with Crippen molar-refractivity contribution in [1.29, 1.82) is 0 Å². The number of hydrogen-bond donors (Lipinski definition) is 2. The maximum absolute atomic E-state index is 8.93. The van der Waals surface area contributed by atoms with Crippen molar-refractivity contribution in [3.05, 3.63) is 29.3 Å². The predicted octanol–water partition coefficient (Wildman–Crippen LogP) is 2.57. The lowest BCUT2D eigenvalue weighted by Gasteiger charge is -2.23. The van der Waals surface area contributed by atoms with Crippen LogP contribution in [0.25, 0.3) is 0 Å². The first kappa shape index (κ1) is 13.7. The van der Waals surface area contributed by atoms with Gasteiger partial charge in [0.2, 0.25) is 0 Å². The fourth-order valence-corrected chi connectivity index (χ4v) is 2.73.